The zero-order valence-corrected chi connectivity index (χ0v) is 33.1. The van der Waals surface area contributed by atoms with Gasteiger partial charge in [-0.25, -0.2) is 18.1 Å². The molecule has 0 bridgehead atoms. The van der Waals surface area contributed by atoms with Crippen molar-refractivity contribution in [3.63, 3.8) is 0 Å². The average Bonchev–Trinajstić information content (AvgIpc) is 3.79. The van der Waals surface area contributed by atoms with E-state index in [9.17, 15) is 23.3 Å². The van der Waals surface area contributed by atoms with Crippen molar-refractivity contribution in [1.82, 2.24) is 14.7 Å². The number of hydrogen-bond donors (Lipinski definition) is 3. The molecule has 1 saturated carbocycles. The summed E-state index contributed by atoms with van der Waals surface area (Å²) in [6.07, 6.45) is 9.56. The fourth-order valence-electron chi connectivity index (χ4n) is 8.34. The van der Waals surface area contributed by atoms with Crippen LogP contribution in [0.4, 0.5) is 17.1 Å². The Hall–Kier alpha value is -6.25. The van der Waals surface area contributed by atoms with E-state index in [-0.39, 0.29) is 29.0 Å². The minimum Gasteiger partial charge on any atom is -0.455 e. The normalized spacial score (nSPS) is 17.2. The van der Waals surface area contributed by atoms with Crippen LogP contribution in [0.25, 0.3) is 22.2 Å². The number of carbonyl (C=O) groups excluding carboxylic acids is 1. The molecule has 9 rings (SSSR count). The van der Waals surface area contributed by atoms with Gasteiger partial charge < -0.3 is 24.7 Å². The number of aromatic nitrogens is 2. The van der Waals surface area contributed by atoms with Crippen LogP contribution < -0.4 is 19.7 Å². The number of rotatable bonds is 13. The van der Waals surface area contributed by atoms with Crippen molar-refractivity contribution in [3.05, 3.63) is 136 Å². The van der Waals surface area contributed by atoms with Gasteiger partial charge in [0.25, 0.3) is 21.6 Å². The van der Waals surface area contributed by atoms with Crippen molar-refractivity contribution >= 4 is 44.0 Å². The topological polar surface area (TPSA) is 169 Å². The van der Waals surface area contributed by atoms with Gasteiger partial charge in [0.2, 0.25) is 0 Å². The molecule has 3 N–H and O–H groups in total. The molecule has 13 nitrogen and oxygen atoms in total. The zero-order valence-electron chi connectivity index (χ0n) is 32.3. The predicted octanol–water partition coefficient (Wildman–Crippen LogP) is 9.11. The molecule has 6 aromatic rings. The molecule has 2 aromatic heterocycles. The Bertz CT molecular complexity index is 2650. The van der Waals surface area contributed by atoms with Crippen LogP contribution in [0.1, 0.15) is 72.0 Å². The standard InChI is InChI=1S/C45H44N6O7S/c52-45(49-59(55,56)36-13-15-40(42(26-36)51(53)54)47-27-29-17-21-57-22-18-29)39-14-12-32(25-43(39)58-35-24-33-16-19-46-44(33)48-28-35)31-5-3-6-34(23-31)50-20-4-9-41(50)38-8-2-1-7-37(38)30-10-11-30/h1-3,5-8,12-16,19,23-26,28-30,41,47H,4,9-11,17-18,20-22,27H2,(H,46,48)(H,49,52). The van der Waals surface area contributed by atoms with Crippen LogP contribution in [-0.4, -0.2) is 55.5 Å². The molecule has 1 amide bonds. The summed E-state index contributed by atoms with van der Waals surface area (Å²) in [6.45, 7) is 2.67. The first kappa shape index (κ1) is 38.3. The fourth-order valence-corrected chi connectivity index (χ4v) is 9.33. The van der Waals surface area contributed by atoms with Crippen LogP contribution in [0.2, 0.25) is 0 Å². The number of anilines is 2. The van der Waals surface area contributed by atoms with Gasteiger partial charge in [-0.05, 0) is 121 Å². The van der Waals surface area contributed by atoms with Gasteiger partial charge in [0, 0.05) is 49.6 Å². The highest BCUT2D eigenvalue weighted by Gasteiger charge is 2.33. The largest absolute Gasteiger partial charge is 0.455 e. The number of fused-ring (bicyclic) bond motifs is 1. The summed E-state index contributed by atoms with van der Waals surface area (Å²) in [5.41, 5.74) is 5.98. The third kappa shape index (κ3) is 8.23. The highest BCUT2D eigenvalue weighted by atomic mass is 32.2. The lowest BCUT2D eigenvalue weighted by atomic mass is 9.95. The van der Waals surface area contributed by atoms with E-state index in [0.717, 1.165) is 60.5 Å². The van der Waals surface area contributed by atoms with E-state index < -0.39 is 31.4 Å². The lowest BCUT2D eigenvalue weighted by Gasteiger charge is -2.29. The maximum atomic E-state index is 14.0. The van der Waals surface area contributed by atoms with E-state index in [4.69, 9.17) is 9.47 Å². The Labute approximate surface area is 342 Å². The molecule has 4 aromatic carbocycles. The third-order valence-corrected chi connectivity index (χ3v) is 12.9. The first-order chi connectivity index (χ1) is 28.7. The van der Waals surface area contributed by atoms with Gasteiger partial charge in [0.05, 0.1) is 27.6 Å². The summed E-state index contributed by atoms with van der Waals surface area (Å²) in [5, 5.41) is 16.0. The molecule has 59 heavy (non-hydrogen) atoms. The van der Waals surface area contributed by atoms with Gasteiger partial charge in [-0.1, -0.05) is 42.5 Å². The average molecular weight is 813 g/mol. The summed E-state index contributed by atoms with van der Waals surface area (Å²) < 4.78 is 41.2. The van der Waals surface area contributed by atoms with Crippen molar-refractivity contribution in [2.75, 3.05) is 36.5 Å². The van der Waals surface area contributed by atoms with Gasteiger partial charge >= 0.3 is 0 Å². The second-order valence-electron chi connectivity index (χ2n) is 15.5. The van der Waals surface area contributed by atoms with E-state index >= 15 is 0 Å². The number of sulfonamides is 1. The van der Waals surface area contributed by atoms with Crippen LogP contribution in [-0.2, 0) is 14.8 Å². The van der Waals surface area contributed by atoms with Crippen LogP contribution in [0.15, 0.2) is 114 Å². The lowest BCUT2D eigenvalue weighted by Crippen LogP contribution is -2.31. The number of ether oxygens (including phenoxy) is 2. The van der Waals surface area contributed by atoms with E-state index in [2.05, 4.69) is 61.3 Å². The monoisotopic (exact) mass is 812 g/mol. The van der Waals surface area contributed by atoms with Crippen LogP contribution in [0, 0.1) is 16.0 Å². The minimum absolute atomic E-state index is 0.0526. The maximum Gasteiger partial charge on any atom is 0.293 e. The number of nitrogens with one attached hydrogen (secondary N) is 3. The van der Waals surface area contributed by atoms with Crippen LogP contribution >= 0.6 is 0 Å². The molecule has 2 aliphatic heterocycles. The maximum absolute atomic E-state index is 14.0. The summed E-state index contributed by atoms with van der Waals surface area (Å²) in [4.78, 5) is 34.9. The minimum atomic E-state index is -4.56. The fraction of sp³-hybridized carbons (Fsp3) is 0.289. The SMILES string of the molecule is O=C(NS(=O)(=O)c1ccc(NCC2CCOCC2)c([N+](=O)[O-])c1)c1ccc(-c2cccc(N3CCCC3c3ccccc3C3CC3)c2)cc1Oc1cnc2[nH]ccc2c1. The molecule has 1 unspecified atom stereocenters. The molecule has 302 valence electrons. The zero-order chi connectivity index (χ0) is 40.5. The molecular formula is C45H44N6O7S. The van der Waals surface area contributed by atoms with Gasteiger partial charge in [-0.15, -0.1) is 0 Å². The van der Waals surface area contributed by atoms with Crippen molar-refractivity contribution in [1.29, 1.82) is 0 Å². The molecular weight excluding hydrogens is 769 g/mol. The van der Waals surface area contributed by atoms with Crippen LogP contribution in [0.5, 0.6) is 11.5 Å². The number of carbonyl (C=O) groups is 1. The van der Waals surface area contributed by atoms with Crippen LogP contribution in [0.3, 0.4) is 0 Å². The second kappa shape index (κ2) is 16.2. The van der Waals surface area contributed by atoms with Gasteiger partial charge in [0.1, 0.15) is 22.8 Å². The van der Waals surface area contributed by atoms with Crippen molar-refractivity contribution in [3.8, 4) is 22.6 Å². The summed E-state index contributed by atoms with van der Waals surface area (Å²) in [5.74, 6) is 0.401. The molecule has 0 spiro atoms. The number of hydrogen-bond acceptors (Lipinski definition) is 10. The molecule has 3 aliphatic rings. The number of nitro groups is 1. The van der Waals surface area contributed by atoms with Crippen molar-refractivity contribution in [2.45, 2.75) is 55.4 Å². The third-order valence-electron chi connectivity index (χ3n) is 11.6. The number of aromatic amines is 1. The summed E-state index contributed by atoms with van der Waals surface area (Å²) in [6, 6.07) is 29.6. The summed E-state index contributed by atoms with van der Waals surface area (Å²) in [7, 11) is -4.56. The first-order valence-electron chi connectivity index (χ1n) is 20.1. The Morgan fingerprint density at radius 3 is 2.54 bits per heavy atom. The van der Waals surface area contributed by atoms with Gasteiger partial charge in [-0.2, -0.15) is 0 Å². The molecule has 4 heterocycles. The molecule has 2 saturated heterocycles. The Balaban J connectivity index is 1.01. The molecule has 14 heteroatoms. The summed E-state index contributed by atoms with van der Waals surface area (Å²) >= 11 is 0. The number of pyridine rings is 1. The lowest BCUT2D eigenvalue weighted by molar-refractivity contribution is -0.384. The molecule has 3 fully saturated rings. The van der Waals surface area contributed by atoms with E-state index in [1.165, 1.54) is 48.4 Å². The predicted molar refractivity (Wildman–Crippen MR) is 226 cm³/mol. The molecule has 1 aliphatic carbocycles. The van der Waals surface area contributed by atoms with E-state index in [1.807, 2.05) is 18.2 Å². The number of benzene rings is 4. The smallest absolute Gasteiger partial charge is 0.293 e. The second-order valence-corrected chi connectivity index (χ2v) is 17.2. The first-order valence-corrected chi connectivity index (χ1v) is 21.6. The van der Waals surface area contributed by atoms with Gasteiger partial charge in [0.15, 0.2) is 0 Å². The molecule has 0 radical (unpaired) electrons. The Kier molecular flexibility index (Phi) is 10.5. The van der Waals surface area contributed by atoms with E-state index in [1.54, 1.807) is 24.4 Å². The molecule has 1 atom stereocenters. The van der Waals surface area contributed by atoms with E-state index in [0.29, 0.717) is 37.1 Å². The van der Waals surface area contributed by atoms with Crippen molar-refractivity contribution in [2.24, 2.45) is 5.92 Å². The highest BCUT2D eigenvalue weighted by Crippen LogP contribution is 2.47. The Morgan fingerprint density at radius 2 is 1.73 bits per heavy atom. The number of H-pyrrole nitrogens is 1. The van der Waals surface area contributed by atoms with Gasteiger partial charge in [-0.3, -0.25) is 14.9 Å². The number of nitro benzene ring substituents is 1. The number of nitrogens with zero attached hydrogens (tertiary/aromatic N) is 3. The quantitative estimate of drug-likeness (QED) is 0.0756. The highest BCUT2D eigenvalue weighted by molar-refractivity contribution is 7.90. The Morgan fingerprint density at radius 1 is 0.915 bits per heavy atom. The van der Waals surface area contributed by atoms with Crippen molar-refractivity contribution < 1.29 is 27.6 Å². The number of amides is 1.